The second-order valence-electron chi connectivity index (χ2n) is 7.92. The summed E-state index contributed by atoms with van der Waals surface area (Å²) >= 11 is 0. The fourth-order valence-electron chi connectivity index (χ4n) is 4.54. The van der Waals surface area contributed by atoms with E-state index in [0.29, 0.717) is 31.0 Å². The van der Waals surface area contributed by atoms with Gasteiger partial charge in [-0.1, -0.05) is 36.2 Å². The van der Waals surface area contributed by atoms with Gasteiger partial charge in [-0.15, -0.1) is 0 Å². The first-order valence-electron chi connectivity index (χ1n) is 10.2. The van der Waals surface area contributed by atoms with Crippen molar-refractivity contribution in [3.63, 3.8) is 0 Å². The molecule has 2 aliphatic rings. The molecule has 0 atom stereocenters. The van der Waals surface area contributed by atoms with E-state index in [9.17, 15) is 4.79 Å². The average molecular weight is 392 g/mol. The van der Waals surface area contributed by atoms with Gasteiger partial charge < -0.3 is 19.3 Å². The van der Waals surface area contributed by atoms with E-state index in [-0.39, 0.29) is 17.7 Å². The molecule has 1 fully saturated rings. The fraction of sp³-hybridized carbons (Fsp3) is 0.391. The minimum Gasteiger partial charge on any atom is -0.486 e. The molecular weight excluding hydrogens is 368 g/mol. The van der Waals surface area contributed by atoms with Crippen LogP contribution in [0.2, 0.25) is 0 Å². The number of carbonyl (C=O) groups excluding carboxylic acids is 1. The molecule has 0 radical (unpaired) electrons. The lowest BCUT2D eigenvalue weighted by Gasteiger charge is -2.31. The van der Waals surface area contributed by atoms with E-state index in [2.05, 4.69) is 22.6 Å². The van der Waals surface area contributed by atoms with Gasteiger partial charge in [-0.05, 0) is 42.7 Å². The molecule has 29 heavy (non-hydrogen) atoms. The lowest BCUT2D eigenvalue weighted by atomic mass is 9.78. The van der Waals surface area contributed by atoms with Crippen LogP contribution in [0.4, 0.5) is 0 Å². The maximum absolute atomic E-state index is 12.7. The summed E-state index contributed by atoms with van der Waals surface area (Å²) in [6.45, 7) is 1.78. The van der Waals surface area contributed by atoms with E-state index in [1.54, 1.807) is 0 Å². The molecule has 1 amide bonds. The molecule has 0 unspecified atom stereocenters. The molecule has 1 N–H and O–H groups in total. The monoisotopic (exact) mass is 392 g/mol. The third-order valence-corrected chi connectivity index (χ3v) is 6.12. The van der Waals surface area contributed by atoms with Crippen LogP contribution in [0, 0.1) is 0 Å². The van der Waals surface area contributed by atoms with Crippen LogP contribution in [-0.2, 0) is 16.6 Å². The third kappa shape index (κ3) is 3.43. The first kappa shape index (κ1) is 18.0. The molecule has 1 saturated carbocycles. The summed E-state index contributed by atoms with van der Waals surface area (Å²) in [6.07, 6.45) is 4.66. The lowest BCUT2D eigenvalue weighted by Crippen LogP contribution is -2.39. The predicted octanol–water partition coefficient (Wildman–Crippen LogP) is 3.77. The van der Waals surface area contributed by atoms with Crippen LogP contribution in [0.3, 0.4) is 0 Å². The Bertz CT molecular complexity index is 1040. The van der Waals surface area contributed by atoms with Gasteiger partial charge in [-0.2, -0.15) is 0 Å². The fourth-order valence-corrected chi connectivity index (χ4v) is 4.54. The normalized spacial score (nSPS) is 17.4. The maximum Gasteiger partial charge on any atom is 0.226 e. The second-order valence-corrected chi connectivity index (χ2v) is 7.92. The van der Waals surface area contributed by atoms with Crippen LogP contribution >= 0.6 is 0 Å². The molecule has 2 heterocycles. The maximum atomic E-state index is 12.7. The number of nitrogens with zero attached hydrogens (tertiary/aromatic N) is 1. The van der Waals surface area contributed by atoms with Gasteiger partial charge in [0.15, 0.2) is 17.1 Å². The molecule has 150 valence electrons. The average Bonchev–Trinajstić information content (AvgIpc) is 3.40. The van der Waals surface area contributed by atoms with Crippen molar-refractivity contribution in [2.45, 2.75) is 37.5 Å². The molecule has 1 aliphatic carbocycles. The van der Waals surface area contributed by atoms with Crippen molar-refractivity contribution in [1.82, 2.24) is 10.5 Å². The first-order valence-corrected chi connectivity index (χ1v) is 10.2. The van der Waals surface area contributed by atoms with E-state index in [4.69, 9.17) is 14.0 Å². The molecule has 2 aromatic carbocycles. The number of ether oxygens (including phenoxy) is 2. The molecule has 1 aromatic heterocycles. The molecule has 6 heteroatoms. The number of rotatable bonds is 5. The Morgan fingerprint density at radius 3 is 2.69 bits per heavy atom. The third-order valence-electron chi connectivity index (χ3n) is 6.12. The van der Waals surface area contributed by atoms with Gasteiger partial charge in [0.1, 0.15) is 18.9 Å². The molecular formula is C23H24N2O4. The Hall–Kier alpha value is -3.02. The predicted molar refractivity (Wildman–Crippen MR) is 108 cm³/mol. The van der Waals surface area contributed by atoms with E-state index in [1.165, 1.54) is 5.56 Å². The zero-order valence-corrected chi connectivity index (χ0v) is 16.3. The molecule has 5 rings (SSSR count). The van der Waals surface area contributed by atoms with E-state index < -0.39 is 0 Å². The number of aromatic nitrogens is 1. The van der Waals surface area contributed by atoms with E-state index >= 15 is 0 Å². The summed E-state index contributed by atoms with van der Waals surface area (Å²) in [7, 11) is 0. The second kappa shape index (κ2) is 7.43. The molecule has 0 bridgehead atoms. The quantitative estimate of drug-likeness (QED) is 0.716. The molecule has 6 nitrogen and oxygen atoms in total. The summed E-state index contributed by atoms with van der Waals surface area (Å²) in [4.78, 5) is 12.7. The van der Waals surface area contributed by atoms with Crippen LogP contribution in [0.15, 0.2) is 47.0 Å². The number of nitrogens with one attached hydrogen (secondary N) is 1. The Balaban J connectivity index is 1.31. The van der Waals surface area contributed by atoms with Crippen molar-refractivity contribution in [3.8, 4) is 11.5 Å². The number of benzene rings is 2. The number of amides is 1. The topological polar surface area (TPSA) is 73.6 Å². The highest BCUT2D eigenvalue weighted by molar-refractivity contribution is 5.86. The van der Waals surface area contributed by atoms with Gasteiger partial charge in [0.25, 0.3) is 0 Å². The van der Waals surface area contributed by atoms with Crippen LogP contribution in [0.25, 0.3) is 11.0 Å². The molecule has 0 saturated heterocycles. The van der Waals surface area contributed by atoms with Crippen molar-refractivity contribution in [1.29, 1.82) is 0 Å². The number of carbonyl (C=O) groups is 1. The first-order chi connectivity index (χ1) is 14.2. The highest BCUT2D eigenvalue weighted by Crippen LogP contribution is 2.43. The summed E-state index contributed by atoms with van der Waals surface area (Å²) in [5, 5.41) is 8.12. The zero-order chi connectivity index (χ0) is 19.7. The number of para-hydroxylation sites is 1. The Morgan fingerprint density at radius 1 is 1.03 bits per heavy atom. The summed E-state index contributed by atoms with van der Waals surface area (Å²) in [5.41, 5.74) is 2.54. The Morgan fingerprint density at radius 2 is 1.83 bits per heavy atom. The summed E-state index contributed by atoms with van der Waals surface area (Å²) in [5.74, 6) is 1.57. The highest BCUT2D eigenvalue weighted by atomic mass is 16.6. The number of hydrogen-bond acceptors (Lipinski definition) is 5. The van der Waals surface area contributed by atoms with E-state index in [1.807, 2.05) is 30.3 Å². The van der Waals surface area contributed by atoms with Crippen LogP contribution in [0.5, 0.6) is 11.5 Å². The smallest absolute Gasteiger partial charge is 0.226 e. The minimum atomic E-state index is -0.0581. The van der Waals surface area contributed by atoms with Gasteiger partial charge in [0.05, 0.1) is 6.42 Å². The Labute approximate surface area is 169 Å². The number of hydrogen-bond donors (Lipinski definition) is 1. The van der Waals surface area contributed by atoms with Crippen molar-refractivity contribution in [3.05, 3.63) is 53.7 Å². The van der Waals surface area contributed by atoms with Gasteiger partial charge in [-0.25, -0.2) is 0 Å². The van der Waals surface area contributed by atoms with Crippen molar-refractivity contribution < 1.29 is 18.8 Å². The van der Waals surface area contributed by atoms with Gasteiger partial charge in [-0.3, -0.25) is 4.79 Å². The summed E-state index contributed by atoms with van der Waals surface area (Å²) in [6, 6.07) is 13.8. The molecule has 3 aromatic rings. The summed E-state index contributed by atoms with van der Waals surface area (Å²) < 4.78 is 16.7. The van der Waals surface area contributed by atoms with Crippen molar-refractivity contribution in [2.75, 3.05) is 19.8 Å². The zero-order valence-electron chi connectivity index (χ0n) is 16.3. The van der Waals surface area contributed by atoms with Crippen LogP contribution in [0.1, 0.15) is 36.9 Å². The molecule has 0 spiro atoms. The van der Waals surface area contributed by atoms with Crippen LogP contribution < -0.4 is 14.8 Å². The Kier molecular flexibility index (Phi) is 4.62. The van der Waals surface area contributed by atoms with Gasteiger partial charge in [0.2, 0.25) is 5.91 Å². The standard InChI is InChI=1S/C23H24N2O4/c26-22(14-18-17-5-1-2-6-19(17)29-25-18)24-15-23(9-3-4-10-23)16-7-8-20-21(13-16)28-12-11-27-20/h1-2,5-8,13H,3-4,9-12,14-15H2,(H,24,26). The lowest BCUT2D eigenvalue weighted by molar-refractivity contribution is -0.120. The number of fused-ring (bicyclic) bond motifs is 2. The van der Waals surface area contributed by atoms with Crippen LogP contribution in [-0.4, -0.2) is 30.8 Å². The highest BCUT2D eigenvalue weighted by Gasteiger charge is 2.36. The van der Waals surface area contributed by atoms with Crippen molar-refractivity contribution in [2.24, 2.45) is 0 Å². The molecule has 1 aliphatic heterocycles. The van der Waals surface area contributed by atoms with Gasteiger partial charge in [0, 0.05) is 17.3 Å². The van der Waals surface area contributed by atoms with Gasteiger partial charge >= 0.3 is 0 Å². The van der Waals surface area contributed by atoms with E-state index in [0.717, 1.165) is 42.6 Å². The largest absolute Gasteiger partial charge is 0.486 e. The SMILES string of the molecule is O=C(Cc1noc2ccccc12)NCC1(c2ccc3c(c2)OCCO3)CCCC1. The van der Waals surface area contributed by atoms with Crippen molar-refractivity contribution >= 4 is 16.9 Å². The minimum absolute atomic E-state index is 0.0344.